The van der Waals surface area contributed by atoms with Crippen molar-refractivity contribution in [2.24, 2.45) is 0 Å². The van der Waals surface area contributed by atoms with Crippen LogP contribution in [-0.2, 0) is 4.74 Å². The van der Waals surface area contributed by atoms with Crippen molar-refractivity contribution in [2.45, 2.75) is 19.1 Å². The highest BCUT2D eigenvalue weighted by atomic mass is 19.1. The maximum Gasteiger partial charge on any atom is 0.180 e. The van der Waals surface area contributed by atoms with Crippen LogP contribution in [0.2, 0.25) is 0 Å². The third kappa shape index (κ3) is 2.92. The number of hydrogen-bond acceptors (Lipinski definition) is 5. The molecule has 1 fully saturated rings. The molecule has 0 radical (unpaired) electrons. The van der Waals surface area contributed by atoms with Gasteiger partial charge in [0.2, 0.25) is 0 Å². The molecule has 3 aromatic rings. The maximum atomic E-state index is 13.1. The minimum atomic E-state index is -0.241. The topological polar surface area (TPSA) is 51.1 Å². The number of ether oxygens (including phenoxy) is 1. The van der Waals surface area contributed by atoms with Crippen molar-refractivity contribution in [3.63, 3.8) is 0 Å². The number of anilines is 1. The van der Waals surface area contributed by atoms with Gasteiger partial charge in [-0.05, 0) is 36.8 Å². The van der Waals surface area contributed by atoms with Crippen LogP contribution in [0.15, 0.2) is 48.8 Å². The van der Waals surface area contributed by atoms with E-state index >= 15 is 0 Å². The predicted octanol–water partition coefficient (Wildman–Crippen LogP) is 3.13. The second-order valence-electron chi connectivity index (χ2n) is 5.96. The number of fused-ring (bicyclic) bond motifs is 1. The van der Waals surface area contributed by atoms with Crippen molar-refractivity contribution in [1.29, 1.82) is 0 Å². The highest BCUT2D eigenvalue weighted by Crippen LogP contribution is 2.28. The van der Waals surface area contributed by atoms with Gasteiger partial charge in [-0.3, -0.25) is 4.98 Å². The van der Waals surface area contributed by atoms with Crippen LogP contribution in [0, 0.1) is 5.82 Å². The molecule has 1 saturated heterocycles. The Morgan fingerprint density at radius 3 is 2.67 bits per heavy atom. The summed E-state index contributed by atoms with van der Waals surface area (Å²) in [6.45, 7) is 3.44. The van der Waals surface area contributed by atoms with Crippen LogP contribution in [0.1, 0.15) is 18.6 Å². The Kier molecular flexibility index (Phi) is 3.82. The van der Waals surface area contributed by atoms with E-state index in [4.69, 9.17) is 4.74 Å². The molecule has 0 saturated carbocycles. The number of hydrogen-bond donors (Lipinski definition) is 0. The summed E-state index contributed by atoms with van der Waals surface area (Å²) in [7, 11) is 0. The van der Waals surface area contributed by atoms with Gasteiger partial charge in [0.15, 0.2) is 5.65 Å². The first-order valence-electron chi connectivity index (χ1n) is 7.93. The summed E-state index contributed by atoms with van der Waals surface area (Å²) < 4.78 is 19.2. The predicted molar refractivity (Wildman–Crippen MR) is 89.2 cm³/mol. The molecule has 0 amide bonds. The Morgan fingerprint density at radius 1 is 1.04 bits per heavy atom. The van der Waals surface area contributed by atoms with E-state index in [1.165, 1.54) is 12.1 Å². The van der Waals surface area contributed by atoms with E-state index in [2.05, 4.69) is 19.9 Å². The molecule has 6 heteroatoms. The van der Waals surface area contributed by atoms with Gasteiger partial charge in [0.1, 0.15) is 23.3 Å². The van der Waals surface area contributed by atoms with Crippen LogP contribution in [-0.4, -0.2) is 34.1 Å². The minimum absolute atomic E-state index is 0.0492. The fraction of sp³-hybridized carbons (Fsp3) is 0.278. The van der Waals surface area contributed by atoms with E-state index < -0.39 is 0 Å². The molecule has 1 aliphatic heterocycles. The number of rotatable bonds is 2. The van der Waals surface area contributed by atoms with Crippen molar-refractivity contribution in [2.75, 3.05) is 18.0 Å². The Balaban J connectivity index is 1.62. The van der Waals surface area contributed by atoms with Crippen molar-refractivity contribution in [1.82, 2.24) is 15.0 Å². The van der Waals surface area contributed by atoms with Gasteiger partial charge >= 0.3 is 0 Å². The average molecular weight is 324 g/mol. The van der Waals surface area contributed by atoms with Crippen LogP contribution >= 0.6 is 0 Å². The Morgan fingerprint density at radius 2 is 1.83 bits per heavy atom. The number of aromatic nitrogens is 3. The Labute approximate surface area is 139 Å². The van der Waals surface area contributed by atoms with Crippen LogP contribution in [0.5, 0.6) is 0 Å². The van der Waals surface area contributed by atoms with E-state index in [-0.39, 0.29) is 18.0 Å². The molecular formula is C18H17FN4O. The van der Waals surface area contributed by atoms with Gasteiger partial charge < -0.3 is 9.64 Å². The van der Waals surface area contributed by atoms with Crippen molar-refractivity contribution >= 4 is 17.0 Å². The second-order valence-corrected chi connectivity index (χ2v) is 5.96. The Hall–Kier alpha value is -2.60. The van der Waals surface area contributed by atoms with Crippen molar-refractivity contribution in [3.05, 3.63) is 60.2 Å². The lowest BCUT2D eigenvalue weighted by Gasteiger charge is -2.37. The van der Waals surface area contributed by atoms with Gasteiger partial charge in [0, 0.05) is 25.5 Å². The zero-order valence-corrected chi connectivity index (χ0v) is 13.3. The monoisotopic (exact) mass is 324 g/mol. The van der Waals surface area contributed by atoms with E-state index in [0.29, 0.717) is 12.2 Å². The normalized spacial score (nSPS) is 21.2. The largest absolute Gasteiger partial charge is 0.367 e. The molecule has 0 bridgehead atoms. The zero-order valence-electron chi connectivity index (χ0n) is 13.3. The zero-order chi connectivity index (χ0) is 16.5. The molecule has 0 N–H and O–H groups in total. The third-order valence-electron chi connectivity index (χ3n) is 4.14. The quantitative estimate of drug-likeness (QED) is 0.725. The molecule has 3 heterocycles. The average Bonchev–Trinajstić information content (AvgIpc) is 2.61. The van der Waals surface area contributed by atoms with Gasteiger partial charge in [-0.1, -0.05) is 12.1 Å². The molecule has 5 nitrogen and oxygen atoms in total. The SMILES string of the molecule is CC1CN(c2ccc3nccnc3n2)CC(c2ccc(F)cc2)O1. The summed E-state index contributed by atoms with van der Waals surface area (Å²) in [6, 6.07) is 10.4. The molecule has 1 aromatic carbocycles. The second kappa shape index (κ2) is 6.13. The Bertz CT molecular complexity index is 855. The lowest BCUT2D eigenvalue weighted by Crippen LogP contribution is -2.43. The fourth-order valence-corrected chi connectivity index (χ4v) is 3.02. The highest BCUT2D eigenvalue weighted by Gasteiger charge is 2.27. The van der Waals surface area contributed by atoms with Gasteiger partial charge in [0.25, 0.3) is 0 Å². The van der Waals surface area contributed by atoms with E-state index in [0.717, 1.165) is 23.4 Å². The highest BCUT2D eigenvalue weighted by molar-refractivity contribution is 5.71. The molecular weight excluding hydrogens is 307 g/mol. The smallest absolute Gasteiger partial charge is 0.180 e. The number of morpholine rings is 1. The van der Waals surface area contributed by atoms with E-state index in [9.17, 15) is 4.39 Å². The standard InChI is InChI=1S/C18H17FN4O/c1-12-10-23(11-16(24-12)13-2-4-14(19)5-3-13)17-7-6-15-18(22-17)21-9-8-20-15/h2-9,12,16H,10-11H2,1H3. The number of pyridine rings is 1. The first-order chi connectivity index (χ1) is 11.7. The molecule has 0 aliphatic carbocycles. The molecule has 1 aliphatic rings. The van der Waals surface area contributed by atoms with Crippen LogP contribution in [0.25, 0.3) is 11.2 Å². The molecule has 4 rings (SSSR count). The summed E-state index contributed by atoms with van der Waals surface area (Å²) in [5, 5.41) is 0. The molecule has 2 atom stereocenters. The van der Waals surface area contributed by atoms with Crippen molar-refractivity contribution < 1.29 is 9.13 Å². The number of halogens is 1. The van der Waals surface area contributed by atoms with Crippen LogP contribution in [0.3, 0.4) is 0 Å². The molecule has 24 heavy (non-hydrogen) atoms. The lowest BCUT2D eigenvalue weighted by molar-refractivity contribution is -0.0176. The van der Waals surface area contributed by atoms with Crippen molar-refractivity contribution in [3.8, 4) is 0 Å². The molecule has 122 valence electrons. The molecule has 0 spiro atoms. The van der Waals surface area contributed by atoms with Gasteiger partial charge in [-0.15, -0.1) is 0 Å². The van der Waals surface area contributed by atoms with Gasteiger partial charge in [-0.25, -0.2) is 14.4 Å². The summed E-state index contributed by atoms with van der Waals surface area (Å²) in [5.41, 5.74) is 2.37. The molecule has 2 aromatic heterocycles. The number of nitrogens with zero attached hydrogens (tertiary/aromatic N) is 4. The van der Waals surface area contributed by atoms with E-state index in [1.54, 1.807) is 24.5 Å². The van der Waals surface area contributed by atoms with Crippen LogP contribution < -0.4 is 4.90 Å². The first-order valence-corrected chi connectivity index (χ1v) is 7.93. The maximum absolute atomic E-state index is 13.1. The van der Waals surface area contributed by atoms with Gasteiger partial charge in [-0.2, -0.15) is 0 Å². The first kappa shape index (κ1) is 15.0. The number of benzene rings is 1. The summed E-state index contributed by atoms with van der Waals surface area (Å²) in [4.78, 5) is 15.3. The fourth-order valence-electron chi connectivity index (χ4n) is 3.02. The molecule has 2 unspecified atom stereocenters. The summed E-state index contributed by atoms with van der Waals surface area (Å²) in [5.74, 6) is 0.611. The third-order valence-corrected chi connectivity index (χ3v) is 4.14. The van der Waals surface area contributed by atoms with E-state index in [1.807, 2.05) is 19.1 Å². The summed E-state index contributed by atoms with van der Waals surface area (Å²) in [6.07, 6.45) is 3.23. The lowest BCUT2D eigenvalue weighted by atomic mass is 10.1. The van der Waals surface area contributed by atoms with Crippen LogP contribution in [0.4, 0.5) is 10.2 Å². The van der Waals surface area contributed by atoms with Gasteiger partial charge in [0.05, 0.1) is 6.10 Å². The summed E-state index contributed by atoms with van der Waals surface area (Å²) >= 11 is 0. The minimum Gasteiger partial charge on any atom is -0.367 e.